The highest BCUT2D eigenvalue weighted by atomic mass is 16.1. The molecule has 0 saturated carbocycles. The number of aromatic nitrogens is 6. The summed E-state index contributed by atoms with van der Waals surface area (Å²) in [6.07, 6.45) is 4.40. The molecule has 1 N–H and O–H groups in total. The number of anilines is 1. The van der Waals surface area contributed by atoms with Gasteiger partial charge >= 0.3 is 0 Å². The molecule has 0 aliphatic carbocycles. The summed E-state index contributed by atoms with van der Waals surface area (Å²) in [5, 5.41) is 7.95. The molecule has 4 heterocycles. The predicted molar refractivity (Wildman–Crippen MR) is 107 cm³/mol. The maximum absolute atomic E-state index is 11.4. The molecule has 0 radical (unpaired) electrons. The van der Waals surface area contributed by atoms with Gasteiger partial charge in [0.25, 0.3) is 0 Å². The van der Waals surface area contributed by atoms with Crippen LogP contribution in [0.1, 0.15) is 26.0 Å². The number of carbonyl (C=O) groups is 1. The number of carbonyl (C=O) groups excluding carboxylic acids is 1. The van der Waals surface area contributed by atoms with Gasteiger partial charge in [-0.1, -0.05) is 0 Å². The summed E-state index contributed by atoms with van der Waals surface area (Å²) in [6.45, 7) is 8.82. The van der Waals surface area contributed by atoms with E-state index in [9.17, 15) is 4.79 Å². The average molecular weight is 382 g/mol. The summed E-state index contributed by atoms with van der Waals surface area (Å²) in [5.74, 6) is 1.77. The van der Waals surface area contributed by atoms with E-state index in [1.807, 2.05) is 22.5 Å². The molecule has 1 fully saturated rings. The molecular weight excluding hydrogens is 356 g/mol. The van der Waals surface area contributed by atoms with Crippen LogP contribution < -0.4 is 5.32 Å². The van der Waals surface area contributed by atoms with Crippen molar-refractivity contribution in [2.24, 2.45) is 7.05 Å². The van der Waals surface area contributed by atoms with Crippen LogP contribution in [0.25, 0.3) is 22.6 Å². The Kier molecular flexibility index (Phi) is 4.84. The van der Waals surface area contributed by atoms with Crippen LogP contribution in [0.4, 0.5) is 5.82 Å². The maximum Gasteiger partial charge on any atom is 0.165 e. The molecule has 0 amide bonds. The molecule has 3 aromatic heterocycles. The number of hydrogen-bond acceptors (Lipinski definition) is 7. The standard InChI is InChI=1S/C19H26N8O/c1-5-27-13(3)15(8-22-27)18-24-16-17(20-11-21-19(16)25(18)4)23-14-6-7-26(10-14)9-12(2)28/h8,11,14H,5-7,9-10H2,1-4H3,(H,20,21,23). The van der Waals surface area contributed by atoms with Crippen LogP contribution in [0.15, 0.2) is 12.5 Å². The Labute approximate surface area is 163 Å². The Morgan fingerprint density at radius 1 is 1.36 bits per heavy atom. The quantitative estimate of drug-likeness (QED) is 0.692. The van der Waals surface area contributed by atoms with Crippen molar-refractivity contribution >= 4 is 22.8 Å². The van der Waals surface area contributed by atoms with Crippen molar-refractivity contribution < 1.29 is 4.79 Å². The second-order valence-electron chi connectivity index (χ2n) is 7.42. The molecule has 148 valence electrons. The van der Waals surface area contributed by atoms with Crippen molar-refractivity contribution in [1.29, 1.82) is 0 Å². The first-order chi connectivity index (χ1) is 13.5. The zero-order chi connectivity index (χ0) is 19.8. The Hall–Kier alpha value is -2.81. The first kappa shape index (κ1) is 18.5. The van der Waals surface area contributed by atoms with Crippen LogP contribution in [-0.4, -0.2) is 65.7 Å². The highest BCUT2D eigenvalue weighted by Gasteiger charge is 2.25. The fraction of sp³-hybridized carbons (Fsp3) is 0.526. The van der Waals surface area contributed by atoms with Gasteiger partial charge in [-0.2, -0.15) is 5.10 Å². The van der Waals surface area contributed by atoms with E-state index >= 15 is 0 Å². The molecule has 1 unspecified atom stereocenters. The highest BCUT2D eigenvalue weighted by Crippen LogP contribution is 2.28. The predicted octanol–water partition coefficient (Wildman–Crippen LogP) is 1.63. The van der Waals surface area contributed by atoms with E-state index < -0.39 is 0 Å². The van der Waals surface area contributed by atoms with Gasteiger partial charge in [-0.25, -0.2) is 15.0 Å². The van der Waals surface area contributed by atoms with Crippen molar-refractivity contribution in [2.45, 2.75) is 39.8 Å². The van der Waals surface area contributed by atoms with E-state index in [0.29, 0.717) is 6.54 Å². The number of imidazole rings is 1. The fourth-order valence-electron chi connectivity index (χ4n) is 3.93. The zero-order valence-electron chi connectivity index (χ0n) is 16.8. The third-order valence-electron chi connectivity index (χ3n) is 5.36. The molecule has 1 aliphatic rings. The lowest BCUT2D eigenvalue weighted by atomic mass is 10.2. The van der Waals surface area contributed by atoms with Crippen molar-refractivity contribution in [3.63, 3.8) is 0 Å². The number of aryl methyl sites for hydroxylation is 2. The molecule has 0 bridgehead atoms. The van der Waals surface area contributed by atoms with Gasteiger partial charge in [0, 0.05) is 38.4 Å². The number of rotatable bonds is 6. The van der Waals surface area contributed by atoms with Gasteiger partial charge in [0.15, 0.2) is 17.0 Å². The van der Waals surface area contributed by atoms with Crippen LogP contribution >= 0.6 is 0 Å². The van der Waals surface area contributed by atoms with E-state index in [-0.39, 0.29) is 11.8 Å². The van der Waals surface area contributed by atoms with Crippen LogP contribution in [0.5, 0.6) is 0 Å². The highest BCUT2D eigenvalue weighted by molar-refractivity contribution is 5.86. The molecule has 28 heavy (non-hydrogen) atoms. The molecule has 1 atom stereocenters. The first-order valence-corrected chi connectivity index (χ1v) is 9.66. The maximum atomic E-state index is 11.4. The summed E-state index contributed by atoms with van der Waals surface area (Å²) in [6, 6.07) is 0.243. The van der Waals surface area contributed by atoms with E-state index in [1.165, 1.54) is 0 Å². The van der Waals surface area contributed by atoms with Crippen LogP contribution in [0, 0.1) is 6.92 Å². The van der Waals surface area contributed by atoms with E-state index in [4.69, 9.17) is 4.98 Å². The number of likely N-dealkylation sites (tertiary alicyclic amines) is 1. The lowest BCUT2D eigenvalue weighted by molar-refractivity contribution is -0.117. The summed E-state index contributed by atoms with van der Waals surface area (Å²) >= 11 is 0. The van der Waals surface area contributed by atoms with Crippen molar-refractivity contribution in [1.82, 2.24) is 34.2 Å². The SMILES string of the molecule is CCn1ncc(-c2nc3c(NC4CCN(CC(C)=O)C4)ncnc3n2C)c1C. The Morgan fingerprint density at radius 3 is 2.89 bits per heavy atom. The van der Waals surface area contributed by atoms with Crippen molar-refractivity contribution in [3.05, 3.63) is 18.2 Å². The third-order valence-corrected chi connectivity index (χ3v) is 5.36. The monoisotopic (exact) mass is 382 g/mol. The van der Waals surface area contributed by atoms with Crippen LogP contribution in [-0.2, 0) is 18.4 Å². The van der Waals surface area contributed by atoms with Gasteiger partial charge in [0.1, 0.15) is 17.9 Å². The summed E-state index contributed by atoms with van der Waals surface area (Å²) in [4.78, 5) is 27.3. The lowest BCUT2D eigenvalue weighted by Gasteiger charge is -2.15. The second kappa shape index (κ2) is 7.31. The van der Waals surface area contributed by atoms with E-state index in [1.54, 1.807) is 13.3 Å². The van der Waals surface area contributed by atoms with Gasteiger partial charge in [-0.05, 0) is 27.2 Å². The van der Waals surface area contributed by atoms with Gasteiger partial charge in [0.05, 0.1) is 18.3 Å². The average Bonchev–Trinajstić information content (AvgIpc) is 3.33. The molecule has 0 spiro atoms. The second-order valence-corrected chi connectivity index (χ2v) is 7.42. The van der Waals surface area contributed by atoms with Gasteiger partial charge < -0.3 is 9.88 Å². The smallest absolute Gasteiger partial charge is 0.165 e. The lowest BCUT2D eigenvalue weighted by Crippen LogP contribution is -2.30. The summed E-state index contributed by atoms with van der Waals surface area (Å²) in [5.41, 5.74) is 3.63. The molecule has 9 heteroatoms. The van der Waals surface area contributed by atoms with Crippen LogP contribution in [0.2, 0.25) is 0 Å². The topological polar surface area (TPSA) is 93.8 Å². The normalized spacial score (nSPS) is 17.5. The minimum atomic E-state index is 0.197. The zero-order valence-corrected chi connectivity index (χ0v) is 16.8. The minimum Gasteiger partial charge on any atom is -0.364 e. The Bertz CT molecular complexity index is 1020. The van der Waals surface area contributed by atoms with E-state index in [0.717, 1.165) is 60.1 Å². The van der Waals surface area contributed by atoms with Gasteiger partial charge in [-0.15, -0.1) is 0 Å². The number of Topliss-reactive ketones (excluding diaryl/α,β-unsaturated/α-hetero) is 1. The van der Waals surface area contributed by atoms with Crippen molar-refractivity contribution in [2.75, 3.05) is 25.0 Å². The molecule has 0 aromatic carbocycles. The number of nitrogens with one attached hydrogen (secondary N) is 1. The summed E-state index contributed by atoms with van der Waals surface area (Å²) in [7, 11) is 1.97. The molecular formula is C19H26N8O. The Balaban J connectivity index is 1.64. The number of fused-ring (bicyclic) bond motifs is 1. The summed E-state index contributed by atoms with van der Waals surface area (Å²) < 4.78 is 3.95. The van der Waals surface area contributed by atoms with E-state index in [2.05, 4.69) is 39.1 Å². The van der Waals surface area contributed by atoms with Gasteiger partial charge in [0.2, 0.25) is 0 Å². The Morgan fingerprint density at radius 2 is 2.18 bits per heavy atom. The molecule has 9 nitrogen and oxygen atoms in total. The molecule has 3 aromatic rings. The van der Waals surface area contributed by atoms with Crippen LogP contribution in [0.3, 0.4) is 0 Å². The molecule has 4 rings (SSSR count). The van der Waals surface area contributed by atoms with Gasteiger partial charge in [-0.3, -0.25) is 14.4 Å². The first-order valence-electron chi connectivity index (χ1n) is 9.66. The third kappa shape index (κ3) is 3.26. The number of ketones is 1. The molecule has 1 aliphatic heterocycles. The number of hydrogen-bond donors (Lipinski definition) is 1. The number of nitrogens with zero attached hydrogens (tertiary/aromatic N) is 7. The van der Waals surface area contributed by atoms with Crippen molar-refractivity contribution in [3.8, 4) is 11.4 Å². The minimum absolute atomic E-state index is 0.197. The largest absolute Gasteiger partial charge is 0.364 e. The fourth-order valence-corrected chi connectivity index (χ4v) is 3.93. The molecule has 1 saturated heterocycles.